The largest absolute Gasteiger partial charge is 0.453 e. The third-order valence-corrected chi connectivity index (χ3v) is 2.04. The number of anilines is 2. The summed E-state index contributed by atoms with van der Waals surface area (Å²) in [5.74, 6) is -1.28. The number of hydrogen-bond donors (Lipinski definition) is 2. The minimum atomic E-state index is -0.801. The van der Waals surface area contributed by atoms with E-state index < -0.39 is 17.8 Å². The number of carbonyl (C=O) groups excluding carboxylic acids is 2. The van der Waals surface area contributed by atoms with Crippen molar-refractivity contribution in [3.8, 4) is 0 Å². The Balaban J connectivity index is 2.86. The first-order chi connectivity index (χ1) is 8.06. The molecule has 0 fully saturated rings. The van der Waals surface area contributed by atoms with Crippen molar-refractivity contribution >= 4 is 35.0 Å². The van der Waals surface area contributed by atoms with Crippen molar-refractivity contribution in [1.29, 1.82) is 0 Å². The van der Waals surface area contributed by atoms with Crippen LogP contribution in [-0.4, -0.2) is 25.0 Å². The first-order valence-corrected chi connectivity index (χ1v) is 5.10. The molecule has 0 atom stereocenters. The summed E-state index contributed by atoms with van der Waals surface area (Å²) in [7, 11) is 1.16. The van der Waals surface area contributed by atoms with Crippen LogP contribution >= 0.6 is 11.6 Å². The number of halogens is 2. The molecular formula is C10H10ClFN2O3. The van der Waals surface area contributed by atoms with Gasteiger partial charge in [0.2, 0.25) is 5.91 Å². The Morgan fingerprint density at radius 3 is 2.71 bits per heavy atom. The molecule has 0 aliphatic rings. The average molecular weight is 261 g/mol. The van der Waals surface area contributed by atoms with E-state index in [4.69, 9.17) is 11.6 Å². The van der Waals surface area contributed by atoms with Gasteiger partial charge < -0.3 is 10.1 Å². The highest BCUT2D eigenvalue weighted by molar-refractivity contribution is 6.29. The van der Waals surface area contributed by atoms with Crippen LogP contribution in [0.3, 0.4) is 0 Å². The van der Waals surface area contributed by atoms with Crippen molar-refractivity contribution in [3.63, 3.8) is 0 Å². The van der Waals surface area contributed by atoms with Crippen LogP contribution in [0.5, 0.6) is 0 Å². The van der Waals surface area contributed by atoms with Crippen LogP contribution in [0.25, 0.3) is 0 Å². The Labute approximate surface area is 102 Å². The molecule has 1 aromatic rings. The van der Waals surface area contributed by atoms with Gasteiger partial charge in [-0.05, 0) is 18.2 Å². The Morgan fingerprint density at radius 2 is 2.12 bits per heavy atom. The van der Waals surface area contributed by atoms with Crippen LogP contribution in [0.2, 0.25) is 0 Å². The summed E-state index contributed by atoms with van der Waals surface area (Å²) in [5, 5.41) is 4.59. The van der Waals surface area contributed by atoms with E-state index in [2.05, 4.69) is 15.4 Å². The second kappa shape index (κ2) is 6.05. The molecule has 0 bridgehead atoms. The van der Waals surface area contributed by atoms with Crippen LogP contribution < -0.4 is 10.6 Å². The zero-order valence-electron chi connectivity index (χ0n) is 8.92. The van der Waals surface area contributed by atoms with Crippen LogP contribution in [-0.2, 0) is 9.53 Å². The summed E-state index contributed by atoms with van der Waals surface area (Å²) >= 11 is 5.30. The number of carbonyl (C=O) groups is 2. The van der Waals surface area contributed by atoms with Gasteiger partial charge in [-0.25, -0.2) is 9.18 Å². The van der Waals surface area contributed by atoms with E-state index in [9.17, 15) is 14.0 Å². The van der Waals surface area contributed by atoms with E-state index in [1.807, 2.05) is 0 Å². The van der Waals surface area contributed by atoms with Crippen molar-refractivity contribution < 1.29 is 18.7 Å². The average Bonchev–Trinajstić information content (AvgIpc) is 2.33. The highest BCUT2D eigenvalue weighted by Gasteiger charge is 2.08. The van der Waals surface area contributed by atoms with E-state index in [1.54, 1.807) is 0 Å². The molecule has 92 valence electrons. The lowest BCUT2D eigenvalue weighted by Crippen LogP contribution is -2.15. The van der Waals surface area contributed by atoms with Gasteiger partial charge in [-0.3, -0.25) is 10.1 Å². The zero-order valence-corrected chi connectivity index (χ0v) is 9.68. The molecule has 0 radical (unpaired) electrons. The fourth-order valence-electron chi connectivity index (χ4n) is 1.05. The van der Waals surface area contributed by atoms with Gasteiger partial charge in [0, 0.05) is 5.69 Å². The van der Waals surface area contributed by atoms with E-state index in [0.717, 1.165) is 13.2 Å². The Kier molecular flexibility index (Phi) is 4.71. The predicted octanol–water partition coefficient (Wildman–Crippen LogP) is 2.18. The van der Waals surface area contributed by atoms with Crippen LogP contribution in [0.15, 0.2) is 18.2 Å². The first-order valence-electron chi connectivity index (χ1n) is 4.57. The van der Waals surface area contributed by atoms with Gasteiger partial charge in [0.1, 0.15) is 11.7 Å². The van der Waals surface area contributed by atoms with E-state index in [-0.39, 0.29) is 11.6 Å². The molecule has 5 nitrogen and oxygen atoms in total. The molecule has 1 aromatic carbocycles. The molecule has 0 saturated carbocycles. The Hall–Kier alpha value is -1.82. The molecule has 0 heterocycles. The van der Waals surface area contributed by atoms with Gasteiger partial charge in [-0.2, -0.15) is 0 Å². The highest BCUT2D eigenvalue weighted by Crippen LogP contribution is 2.19. The number of methoxy groups -OCH3 is 1. The monoisotopic (exact) mass is 260 g/mol. The standard InChI is InChI=1S/C10H10ClFN2O3/c1-17-10(16)14-8-4-6(2-3-7(8)12)13-9(15)5-11/h2-4H,5H2,1H3,(H,13,15)(H,14,16). The molecule has 0 saturated heterocycles. The van der Waals surface area contributed by atoms with Gasteiger partial charge in [0.25, 0.3) is 0 Å². The van der Waals surface area contributed by atoms with Crippen LogP contribution in [0.4, 0.5) is 20.6 Å². The zero-order chi connectivity index (χ0) is 12.8. The van der Waals surface area contributed by atoms with Crippen molar-refractivity contribution in [2.75, 3.05) is 23.6 Å². The number of hydrogen-bond acceptors (Lipinski definition) is 3. The lowest BCUT2D eigenvalue weighted by Gasteiger charge is -2.08. The summed E-state index contributed by atoms with van der Waals surface area (Å²) in [4.78, 5) is 21.9. The van der Waals surface area contributed by atoms with Crippen molar-refractivity contribution in [2.45, 2.75) is 0 Å². The summed E-state index contributed by atoms with van der Waals surface area (Å²) in [6.07, 6.45) is -0.801. The molecule has 0 spiro atoms. The first kappa shape index (κ1) is 13.2. The van der Waals surface area contributed by atoms with Crippen LogP contribution in [0, 0.1) is 5.82 Å². The van der Waals surface area contributed by atoms with Gasteiger partial charge in [0.15, 0.2) is 0 Å². The SMILES string of the molecule is COC(=O)Nc1cc(NC(=O)CCl)ccc1F. The fourth-order valence-corrected chi connectivity index (χ4v) is 1.12. The quantitative estimate of drug-likeness (QED) is 0.819. The molecule has 2 N–H and O–H groups in total. The number of ether oxygens (including phenoxy) is 1. The maximum absolute atomic E-state index is 13.3. The molecule has 2 amide bonds. The molecule has 0 aliphatic carbocycles. The number of benzene rings is 1. The van der Waals surface area contributed by atoms with Gasteiger partial charge >= 0.3 is 6.09 Å². The second-order valence-electron chi connectivity index (χ2n) is 2.99. The minimum absolute atomic E-state index is 0.0933. The molecular weight excluding hydrogens is 251 g/mol. The maximum Gasteiger partial charge on any atom is 0.411 e. The topological polar surface area (TPSA) is 67.4 Å². The van der Waals surface area contributed by atoms with Gasteiger partial charge in [0.05, 0.1) is 12.8 Å². The minimum Gasteiger partial charge on any atom is -0.453 e. The lowest BCUT2D eigenvalue weighted by atomic mass is 10.2. The molecule has 1 rings (SSSR count). The van der Waals surface area contributed by atoms with E-state index >= 15 is 0 Å². The summed E-state index contributed by atoms with van der Waals surface area (Å²) in [5.41, 5.74) is 0.229. The maximum atomic E-state index is 13.3. The van der Waals surface area contributed by atoms with E-state index in [1.165, 1.54) is 12.1 Å². The number of alkyl halides is 1. The summed E-state index contributed by atoms with van der Waals surface area (Å²) < 4.78 is 17.6. The third kappa shape index (κ3) is 3.92. The molecule has 17 heavy (non-hydrogen) atoms. The second-order valence-corrected chi connectivity index (χ2v) is 3.26. The van der Waals surface area contributed by atoms with Crippen molar-refractivity contribution in [2.24, 2.45) is 0 Å². The normalized spacial score (nSPS) is 9.59. The number of amides is 2. The molecule has 0 aromatic heterocycles. The molecule has 7 heteroatoms. The van der Waals surface area contributed by atoms with Crippen molar-refractivity contribution in [1.82, 2.24) is 0 Å². The summed E-state index contributed by atoms with van der Waals surface area (Å²) in [6, 6.07) is 3.72. The van der Waals surface area contributed by atoms with Gasteiger partial charge in [-0.15, -0.1) is 11.6 Å². The Morgan fingerprint density at radius 1 is 1.41 bits per heavy atom. The molecule has 0 unspecified atom stereocenters. The number of rotatable bonds is 3. The third-order valence-electron chi connectivity index (χ3n) is 1.79. The van der Waals surface area contributed by atoms with Crippen LogP contribution in [0.1, 0.15) is 0 Å². The summed E-state index contributed by atoms with van der Waals surface area (Å²) in [6.45, 7) is 0. The van der Waals surface area contributed by atoms with E-state index in [0.29, 0.717) is 5.69 Å². The molecule has 0 aliphatic heterocycles. The predicted molar refractivity (Wildman–Crippen MR) is 61.8 cm³/mol. The fraction of sp³-hybridized carbons (Fsp3) is 0.200. The number of nitrogens with one attached hydrogen (secondary N) is 2. The lowest BCUT2D eigenvalue weighted by molar-refractivity contribution is -0.113. The van der Waals surface area contributed by atoms with Crippen molar-refractivity contribution in [3.05, 3.63) is 24.0 Å². The van der Waals surface area contributed by atoms with Gasteiger partial charge in [-0.1, -0.05) is 0 Å². The highest BCUT2D eigenvalue weighted by atomic mass is 35.5. The smallest absolute Gasteiger partial charge is 0.411 e. The Bertz CT molecular complexity index is 440.